The molecule has 0 aliphatic carbocycles. The summed E-state index contributed by atoms with van der Waals surface area (Å²) in [6.07, 6.45) is 6.79. The number of aliphatic hydroxyl groups is 1. The topological polar surface area (TPSA) is 97.7 Å². The molecule has 1 atom stereocenters. The molecule has 0 aliphatic heterocycles. The zero-order valence-corrected chi connectivity index (χ0v) is 16.3. The van der Waals surface area contributed by atoms with Crippen LogP contribution in [0.2, 0.25) is 0 Å². The Balaban J connectivity index is 0. The van der Waals surface area contributed by atoms with E-state index in [0.29, 0.717) is 30.7 Å². The van der Waals surface area contributed by atoms with Crippen LogP contribution in [0.15, 0.2) is 12.7 Å². The largest absolute Gasteiger partial charge is 1.00 e. The Morgan fingerprint density at radius 2 is 1.61 bits per heavy atom. The van der Waals surface area contributed by atoms with Crippen molar-refractivity contribution in [3.8, 4) is 0 Å². The standard InChI is InChI=1S/C16H29NO5.Na/c1-2-3-4-5-6-7-10-17(13-14-18,11-8-15(19)20)12-9-16(21)22;/h2,18H,1,3-14H2,(H-,19,20,21,22);/q;+1. The first-order valence-electron chi connectivity index (χ1n) is 7.94. The van der Waals surface area contributed by atoms with Gasteiger partial charge in [-0.1, -0.05) is 12.5 Å². The summed E-state index contributed by atoms with van der Waals surface area (Å²) in [6, 6.07) is 0. The van der Waals surface area contributed by atoms with Crippen LogP contribution in [0.4, 0.5) is 0 Å². The van der Waals surface area contributed by atoms with Crippen molar-refractivity contribution in [2.75, 3.05) is 32.8 Å². The van der Waals surface area contributed by atoms with Gasteiger partial charge in [-0.2, -0.15) is 0 Å². The molecule has 2 N–H and O–H groups in total. The van der Waals surface area contributed by atoms with Crippen molar-refractivity contribution in [1.82, 2.24) is 0 Å². The Labute approximate surface area is 161 Å². The van der Waals surface area contributed by atoms with E-state index in [2.05, 4.69) is 6.58 Å². The molecular formula is C16H29NNaO5+. The van der Waals surface area contributed by atoms with E-state index < -0.39 is 11.9 Å². The monoisotopic (exact) mass is 338 g/mol. The second kappa shape index (κ2) is 15.1. The maximum Gasteiger partial charge on any atom is 1.00 e. The van der Waals surface area contributed by atoms with Crippen molar-refractivity contribution in [2.45, 2.75) is 44.9 Å². The van der Waals surface area contributed by atoms with Crippen molar-refractivity contribution in [3.05, 3.63) is 12.7 Å². The number of hydrogen-bond acceptors (Lipinski definition) is 4. The predicted molar refractivity (Wildman–Crippen MR) is 82.0 cm³/mol. The number of rotatable bonds is 15. The molecule has 0 heterocycles. The van der Waals surface area contributed by atoms with Crippen LogP contribution in [0.3, 0.4) is 0 Å². The number of carbonyl (C=O) groups excluding carboxylic acids is 1. The Morgan fingerprint density at radius 3 is 2.13 bits per heavy atom. The van der Waals surface area contributed by atoms with Gasteiger partial charge in [0.2, 0.25) is 0 Å². The van der Waals surface area contributed by atoms with Crippen LogP contribution in [0.1, 0.15) is 44.9 Å². The maximum absolute atomic E-state index is 10.8. The number of unbranched alkanes of at least 4 members (excludes halogenated alkanes) is 4. The summed E-state index contributed by atoms with van der Waals surface area (Å²) >= 11 is 0. The summed E-state index contributed by atoms with van der Waals surface area (Å²) in [5.74, 6) is -2.04. The van der Waals surface area contributed by atoms with Gasteiger partial charge in [0.1, 0.15) is 6.54 Å². The van der Waals surface area contributed by atoms with Gasteiger partial charge in [-0.05, 0) is 25.7 Å². The number of carbonyl (C=O) groups is 2. The summed E-state index contributed by atoms with van der Waals surface area (Å²) in [5.41, 5.74) is 0. The third kappa shape index (κ3) is 13.7. The molecule has 0 fully saturated rings. The van der Waals surface area contributed by atoms with Gasteiger partial charge in [0, 0.05) is 12.4 Å². The minimum absolute atomic E-state index is 0. The van der Waals surface area contributed by atoms with Crippen molar-refractivity contribution < 1.29 is 58.9 Å². The smallest absolute Gasteiger partial charge is 0.550 e. The number of carboxylic acid groups (broad SMARTS) is 2. The third-order valence-electron chi connectivity index (χ3n) is 3.96. The van der Waals surface area contributed by atoms with Gasteiger partial charge >= 0.3 is 35.5 Å². The van der Waals surface area contributed by atoms with Gasteiger partial charge in [-0.25, -0.2) is 0 Å². The Kier molecular flexibility index (Phi) is 16.4. The number of nitrogens with zero attached hydrogens (tertiary/aromatic N) is 1. The van der Waals surface area contributed by atoms with Gasteiger partial charge in [0.15, 0.2) is 0 Å². The first kappa shape index (κ1) is 24.8. The van der Waals surface area contributed by atoms with Gasteiger partial charge in [0.05, 0.1) is 32.7 Å². The number of carboxylic acids is 2. The fourth-order valence-electron chi connectivity index (χ4n) is 2.63. The number of aliphatic hydroxyl groups excluding tert-OH is 1. The quantitative estimate of drug-likeness (QED) is 0.150. The molecular weight excluding hydrogens is 309 g/mol. The Hall–Kier alpha value is -0.400. The van der Waals surface area contributed by atoms with Crippen molar-refractivity contribution in [2.24, 2.45) is 0 Å². The number of allylic oxidation sites excluding steroid dienone is 1. The van der Waals surface area contributed by atoms with Crippen LogP contribution in [0.25, 0.3) is 0 Å². The van der Waals surface area contributed by atoms with Crippen LogP contribution < -0.4 is 34.7 Å². The summed E-state index contributed by atoms with van der Waals surface area (Å²) < 4.78 is 0.332. The zero-order valence-electron chi connectivity index (χ0n) is 14.3. The molecule has 0 bridgehead atoms. The van der Waals surface area contributed by atoms with Gasteiger partial charge in [-0.15, -0.1) is 6.58 Å². The predicted octanol–water partition coefficient (Wildman–Crippen LogP) is -2.45. The van der Waals surface area contributed by atoms with Crippen LogP contribution >= 0.6 is 0 Å². The molecule has 0 aromatic rings. The summed E-state index contributed by atoms with van der Waals surface area (Å²) in [6.45, 7) is 5.32. The molecule has 0 aliphatic rings. The fraction of sp³-hybridized carbons (Fsp3) is 0.750. The molecule has 0 radical (unpaired) electrons. The molecule has 0 saturated carbocycles. The zero-order chi connectivity index (χ0) is 16.8. The SMILES string of the molecule is C=CCCCCCC[N+](CCO)(CCC(=O)[O-])CCC(=O)O.[Na+]. The minimum Gasteiger partial charge on any atom is -0.550 e. The van der Waals surface area contributed by atoms with Crippen molar-refractivity contribution >= 4 is 11.9 Å². The number of aliphatic carboxylic acids is 2. The number of hydrogen-bond donors (Lipinski definition) is 2. The van der Waals surface area contributed by atoms with E-state index in [1.54, 1.807) is 0 Å². The first-order valence-corrected chi connectivity index (χ1v) is 7.94. The van der Waals surface area contributed by atoms with E-state index in [9.17, 15) is 19.8 Å². The average Bonchev–Trinajstić information content (AvgIpc) is 2.46. The molecule has 23 heavy (non-hydrogen) atoms. The molecule has 1 unspecified atom stereocenters. The van der Waals surface area contributed by atoms with E-state index >= 15 is 0 Å². The van der Waals surface area contributed by atoms with Gasteiger partial charge in [0.25, 0.3) is 0 Å². The van der Waals surface area contributed by atoms with E-state index in [1.807, 2.05) is 6.08 Å². The second-order valence-corrected chi connectivity index (χ2v) is 5.72. The summed E-state index contributed by atoms with van der Waals surface area (Å²) in [7, 11) is 0. The molecule has 0 aromatic heterocycles. The molecule has 0 aromatic carbocycles. The minimum atomic E-state index is -1.14. The van der Waals surface area contributed by atoms with E-state index in [4.69, 9.17) is 5.11 Å². The van der Waals surface area contributed by atoms with E-state index in [0.717, 1.165) is 32.1 Å². The van der Waals surface area contributed by atoms with Crippen LogP contribution in [0, 0.1) is 0 Å². The molecule has 0 rings (SSSR count). The summed E-state index contributed by atoms with van der Waals surface area (Å²) in [5, 5.41) is 28.9. The van der Waals surface area contributed by atoms with Crippen molar-refractivity contribution in [1.29, 1.82) is 0 Å². The molecule has 7 heteroatoms. The molecule has 0 saturated heterocycles. The van der Waals surface area contributed by atoms with Crippen molar-refractivity contribution in [3.63, 3.8) is 0 Å². The summed E-state index contributed by atoms with van der Waals surface area (Å²) in [4.78, 5) is 21.6. The van der Waals surface area contributed by atoms with E-state index in [1.165, 1.54) is 0 Å². The van der Waals surface area contributed by atoms with Crippen LogP contribution in [0.5, 0.6) is 0 Å². The molecule has 6 nitrogen and oxygen atoms in total. The maximum atomic E-state index is 10.8. The van der Waals surface area contributed by atoms with E-state index in [-0.39, 0.29) is 49.0 Å². The Morgan fingerprint density at radius 1 is 1.00 bits per heavy atom. The Bertz CT molecular complexity index is 331. The second-order valence-electron chi connectivity index (χ2n) is 5.72. The molecule has 0 amide bonds. The van der Waals surface area contributed by atoms with Gasteiger partial charge < -0.3 is 24.6 Å². The fourth-order valence-corrected chi connectivity index (χ4v) is 2.63. The molecule has 128 valence electrons. The third-order valence-corrected chi connectivity index (χ3v) is 3.96. The van der Waals surface area contributed by atoms with Crippen LogP contribution in [-0.4, -0.2) is 59.4 Å². The first-order chi connectivity index (χ1) is 10.5. The number of quaternary nitrogens is 1. The normalized spacial score (nSPS) is 12.9. The molecule has 0 spiro atoms. The van der Waals surface area contributed by atoms with Gasteiger partial charge in [-0.3, -0.25) is 4.79 Å². The van der Waals surface area contributed by atoms with Crippen LogP contribution in [-0.2, 0) is 9.59 Å². The average molecular weight is 338 g/mol.